The molecule has 1 amide bonds. The Morgan fingerprint density at radius 2 is 1.67 bits per heavy atom. The number of carbonyl (C=O) groups is 1. The summed E-state index contributed by atoms with van der Waals surface area (Å²) in [5.41, 5.74) is 1.13. The number of anilines is 1. The van der Waals surface area contributed by atoms with E-state index in [1.807, 2.05) is 36.0 Å². The van der Waals surface area contributed by atoms with Crippen LogP contribution in [0.3, 0.4) is 0 Å². The number of sulfonamides is 1. The lowest BCUT2D eigenvalue weighted by molar-refractivity contribution is 0.102. The van der Waals surface area contributed by atoms with Gasteiger partial charge in [-0.05, 0) is 61.4 Å². The maximum atomic E-state index is 12.4. The minimum absolute atomic E-state index is 0.147. The van der Waals surface area contributed by atoms with Crippen molar-refractivity contribution in [3.8, 4) is 0 Å². The van der Waals surface area contributed by atoms with Crippen molar-refractivity contribution in [3.05, 3.63) is 54.1 Å². The van der Waals surface area contributed by atoms with Gasteiger partial charge in [0.2, 0.25) is 10.0 Å². The monoisotopic (exact) mass is 404 g/mol. The van der Waals surface area contributed by atoms with E-state index < -0.39 is 10.0 Å². The molecule has 144 valence electrons. The zero-order valence-electron chi connectivity index (χ0n) is 15.3. The first kappa shape index (κ1) is 19.9. The highest BCUT2D eigenvalue weighted by Crippen LogP contribution is 2.34. The Labute approximate surface area is 165 Å². The predicted molar refractivity (Wildman–Crippen MR) is 110 cm³/mol. The molecule has 0 aromatic heterocycles. The van der Waals surface area contributed by atoms with Crippen molar-refractivity contribution in [1.29, 1.82) is 0 Å². The van der Waals surface area contributed by atoms with Gasteiger partial charge in [-0.15, -0.1) is 11.8 Å². The van der Waals surface area contributed by atoms with Gasteiger partial charge in [0.15, 0.2) is 0 Å². The Hall–Kier alpha value is -1.83. The number of thioether (sulfide) groups is 1. The van der Waals surface area contributed by atoms with E-state index in [0.29, 0.717) is 17.4 Å². The molecule has 3 rings (SSSR count). The van der Waals surface area contributed by atoms with Gasteiger partial charge in [0.1, 0.15) is 0 Å². The number of nitrogens with one attached hydrogen (secondary N) is 2. The third-order valence-corrected chi connectivity index (χ3v) is 7.39. The SMILES string of the molecule is CCNS(=O)(=O)c1ccc(C(=O)Nc2ccc(SC3CCCC3)cc2)cc1. The fraction of sp³-hybridized carbons (Fsp3) is 0.350. The quantitative estimate of drug-likeness (QED) is 0.723. The van der Waals surface area contributed by atoms with Gasteiger partial charge >= 0.3 is 0 Å². The number of amides is 1. The Morgan fingerprint density at radius 3 is 2.26 bits per heavy atom. The molecule has 0 spiro atoms. The standard InChI is InChI=1S/C20H24N2O3S2/c1-2-21-27(24,25)19-13-7-15(8-14-19)20(23)22-16-9-11-18(12-10-16)26-17-5-3-4-6-17/h7-14,17,21H,2-6H2,1H3,(H,22,23). The molecule has 7 heteroatoms. The van der Waals surface area contributed by atoms with E-state index in [0.717, 1.165) is 5.69 Å². The first-order valence-corrected chi connectivity index (χ1v) is 11.5. The van der Waals surface area contributed by atoms with E-state index in [9.17, 15) is 13.2 Å². The highest BCUT2D eigenvalue weighted by atomic mass is 32.2. The lowest BCUT2D eigenvalue weighted by Gasteiger charge is -2.10. The smallest absolute Gasteiger partial charge is 0.255 e. The zero-order valence-corrected chi connectivity index (χ0v) is 16.9. The van der Waals surface area contributed by atoms with Crippen molar-refractivity contribution in [2.24, 2.45) is 0 Å². The van der Waals surface area contributed by atoms with Crippen LogP contribution in [0.25, 0.3) is 0 Å². The summed E-state index contributed by atoms with van der Waals surface area (Å²) in [6, 6.07) is 13.8. The highest BCUT2D eigenvalue weighted by Gasteiger charge is 2.16. The first-order valence-electron chi connectivity index (χ1n) is 9.16. The van der Waals surface area contributed by atoms with E-state index in [1.165, 1.54) is 54.8 Å². The molecule has 1 fully saturated rings. The van der Waals surface area contributed by atoms with Crippen molar-refractivity contribution < 1.29 is 13.2 Å². The van der Waals surface area contributed by atoms with Gasteiger partial charge in [-0.25, -0.2) is 13.1 Å². The van der Waals surface area contributed by atoms with Crippen molar-refractivity contribution in [2.45, 2.75) is 47.6 Å². The summed E-state index contributed by atoms with van der Waals surface area (Å²) in [7, 11) is -3.51. The van der Waals surface area contributed by atoms with Gasteiger partial charge in [-0.1, -0.05) is 19.8 Å². The molecule has 1 aliphatic carbocycles. The second-order valence-electron chi connectivity index (χ2n) is 6.53. The van der Waals surface area contributed by atoms with E-state index >= 15 is 0 Å². The average molecular weight is 405 g/mol. The Kier molecular flexibility index (Phi) is 6.57. The molecule has 0 unspecified atom stereocenters. The van der Waals surface area contributed by atoms with Crippen LogP contribution >= 0.6 is 11.8 Å². The summed E-state index contributed by atoms with van der Waals surface area (Å²) in [5, 5.41) is 3.56. The summed E-state index contributed by atoms with van der Waals surface area (Å²) in [6.45, 7) is 2.04. The molecule has 0 heterocycles. The van der Waals surface area contributed by atoms with Crippen molar-refractivity contribution in [1.82, 2.24) is 4.72 Å². The molecule has 2 aromatic carbocycles. The van der Waals surface area contributed by atoms with Gasteiger partial charge in [0.05, 0.1) is 4.90 Å². The minimum Gasteiger partial charge on any atom is -0.322 e. The maximum Gasteiger partial charge on any atom is 0.255 e. The predicted octanol–water partition coefficient (Wildman–Crippen LogP) is 4.27. The lowest BCUT2D eigenvalue weighted by Crippen LogP contribution is -2.23. The van der Waals surface area contributed by atoms with Crippen LogP contribution in [0.5, 0.6) is 0 Å². The third kappa shape index (κ3) is 5.34. The van der Waals surface area contributed by atoms with Gasteiger partial charge in [-0.3, -0.25) is 4.79 Å². The summed E-state index contributed by atoms with van der Waals surface area (Å²) in [4.78, 5) is 13.8. The largest absolute Gasteiger partial charge is 0.322 e. The van der Waals surface area contributed by atoms with Crippen molar-refractivity contribution >= 4 is 33.4 Å². The molecular weight excluding hydrogens is 380 g/mol. The third-order valence-electron chi connectivity index (χ3n) is 4.48. The van der Waals surface area contributed by atoms with Gasteiger partial charge in [0, 0.05) is 27.9 Å². The van der Waals surface area contributed by atoms with Crippen LogP contribution in [0.2, 0.25) is 0 Å². The summed E-state index contributed by atoms with van der Waals surface area (Å²) in [6.07, 6.45) is 5.20. The molecule has 2 aromatic rings. The molecule has 1 aliphatic rings. The molecule has 0 aliphatic heterocycles. The van der Waals surface area contributed by atoms with E-state index in [2.05, 4.69) is 10.0 Å². The zero-order chi connectivity index (χ0) is 19.3. The topological polar surface area (TPSA) is 75.3 Å². The number of rotatable bonds is 7. The normalized spacial score (nSPS) is 15.0. The molecule has 5 nitrogen and oxygen atoms in total. The molecule has 0 radical (unpaired) electrons. The molecule has 0 bridgehead atoms. The fourth-order valence-corrected chi connectivity index (χ4v) is 5.37. The van der Waals surface area contributed by atoms with Gasteiger partial charge in [-0.2, -0.15) is 0 Å². The number of benzene rings is 2. The average Bonchev–Trinajstić information content (AvgIpc) is 3.16. The van der Waals surface area contributed by atoms with Crippen molar-refractivity contribution in [2.75, 3.05) is 11.9 Å². The Morgan fingerprint density at radius 1 is 1.04 bits per heavy atom. The number of hydrogen-bond acceptors (Lipinski definition) is 4. The van der Waals surface area contributed by atoms with Crippen LogP contribution in [0, 0.1) is 0 Å². The number of carbonyl (C=O) groups excluding carboxylic acids is 1. The molecule has 1 saturated carbocycles. The Bertz CT molecular complexity index is 872. The van der Waals surface area contributed by atoms with Crippen LogP contribution in [-0.4, -0.2) is 26.1 Å². The van der Waals surface area contributed by atoms with E-state index in [1.54, 1.807) is 6.92 Å². The van der Waals surface area contributed by atoms with Crippen LogP contribution in [0.4, 0.5) is 5.69 Å². The summed E-state index contributed by atoms with van der Waals surface area (Å²) in [5.74, 6) is -0.265. The first-order chi connectivity index (χ1) is 13.0. The van der Waals surface area contributed by atoms with Gasteiger partial charge in [0.25, 0.3) is 5.91 Å². The molecule has 2 N–H and O–H groups in total. The van der Waals surface area contributed by atoms with E-state index in [-0.39, 0.29) is 10.8 Å². The van der Waals surface area contributed by atoms with E-state index in [4.69, 9.17) is 0 Å². The van der Waals surface area contributed by atoms with Crippen molar-refractivity contribution in [3.63, 3.8) is 0 Å². The second-order valence-corrected chi connectivity index (χ2v) is 9.67. The van der Waals surface area contributed by atoms with Crippen LogP contribution in [0.15, 0.2) is 58.3 Å². The highest BCUT2D eigenvalue weighted by molar-refractivity contribution is 8.00. The Balaban J connectivity index is 1.61. The molecule has 0 saturated heterocycles. The van der Waals surface area contributed by atoms with Crippen LogP contribution in [-0.2, 0) is 10.0 Å². The minimum atomic E-state index is -3.51. The lowest BCUT2D eigenvalue weighted by atomic mass is 10.2. The number of hydrogen-bond donors (Lipinski definition) is 2. The maximum absolute atomic E-state index is 12.4. The van der Waals surface area contributed by atoms with Crippen LogP contribution in [0.1, 0.15) is 43.0 Å². The molecule has 0 atom stereocenters. The summed E-state index contributed by atoms with van der Waals surface area (Å²) < 4.78 is 26.3. The molecular formula is C20H24N2O3S2. The molecule has 27 heavy (non-hydrogen) atoms. The summed E-state index contributed by atoms with van der Waals surface area (Å²) >= 11 is 1.91. The second kappa shape index (κ2) is 8.91. The van der Waals surface area contributed by atoms with Crippen LogP contribution < -0.4 is 10.0 Å². The van der Waals surface area contributed by atoms with Gasteiger partial charge < -0.3 is 5.32 Å². The fourth-order valence-electron chi connectivity index (χ4n) is 3.08.